The molecule has 0 unspecified atom stereocenters. The Kier molecular flexibility index (Phi) is 6.57. The minimum absolute atomic E-state index is 0.0579. The third-order valence-electron chi connectivity index (χ3n) is 5.47. The van der Waals surface area contributed by atoms with Crippen LogP contribution in [0.15, 0.2) is 53.1 Å². The largest absolute Gasteiger partial charge is 0.497 e. The molecule has 0 radical (unpaired) electrons. The van der Waals surface area contributed by atoms with Crippen molar-refractivity contribution in [2.24, 2.45) is 0 Å². The van der Waals surface area contributed by atoms with Crippen molar-refractivity contribution in [1.82, 2.24) is 19.9 Å². The highest BCUT2D eigenvalue weighted by atomic mass is 19.1. The second-order valence-corrected chi connectivity index (χ2v) is 7.49. The van der Waals surface area contributed by atoms with Gasteiger partial charge in [-0.3, -0.25) is 9.69 Å². The van der Waals surface area contributed by atoms with Crippen molar-refractivity contribution < 1.29 is 18.4 Å². The Hall–Kier alpha value is -3.26. The van der Waals surface area contributed by atoms with E-state index in [0.717, 1.165) is 24.4 Å². The molecule has 8 heteroatoms. The first-order chi connectivity index (χ1) is 15.1. The van der Waals surface area contributed by atoms with Crippen molar-refractivity contribution >= 4 is 5.91 Å². The van der Waals surface area contributed by atoms with Crippen LogP contribution < -0.4 is 4.74 Å². The number of nitrogens with zero attached hydrogens (tertiary/aromatic N) is 4. The van der Waals surface area contributed by atoms with Gasteiger partial charge in [-0.15, -0.1) is 0 Å². The molecule has 1 aromatic heterocycles. The third kappa shape index (κ3) is 5.27. The number of amides is 1. The Morgan fingerprint density at radius 2 is 1.84 bits per heavy atom. The highest BCUT2D eigenvalue weighted by Crippen LogP contribution is 2.20. The summed E-state index contributed by atoms with van der Waals surface area (Å²) in [5.41, 5.74) is 1.44. The molecule has 0 aliphatic carbocycles. The van der Waals surface area contributed by atoms with Gasteiger partial charge in [-0.05, 0) is 42.3 Å². The van der Waals surface area contributed by atoms with Crippen molar-refractivity contribution in [2.45, 2.75) is 19.4 Å². The van der Waals surface area contributed by atoms with Crippen molar-refractivity contribution in [2.75, 3.05) is 33.3 Å². The molecule has 0 bridgehead atoms. The number of hydrogen-bond donors (Lipinski definition) is 0. The highest BCUT2D eigenvalue weighted by Gasteiger charge is 2.22. The number of rotatable bonds is 7. The fourth-order valence-electron chi connectivity index (χ4n) is 3.62. The molecule has 1 fully saturated rings. The van der Waals surface area contributed by atoms with E-state index in [1.54, 1.807) is 25.3 Å². The van der Waals surface area contributed by atoms with Gasteiger partial charge >= 0.3 is 0 Å². The summed E-state index contributed by atoms with van der Waals surface area (Å²) in [5.74, 6) is 1.66. The SMILES string of the molecule is COc1ccc(-c2noc(CN3CCN(C(=O)CCc4ccccc4F)CC3)n2)cc1. The molecule has 0 N–H and O–H groups in total. The van der Waals surface area contributed by atoms with E-state index in [9.17, 15) is 9.18 Å². The van der Waals surface area contributed by atoms with Gasteiger partial charge in [-0.1, -0.05) is 23.4 Å². The molecule has 1 aliphatic heterocycles. The number of carbonyl (C=O) groups excluding carboxylic acids is 1. The second kappa shape index (κ2) is 9.70. The summed E-state index contributed by atoms with van der Waals surface area (Å²) in [7, 11) is 1.62. The number of aryl methyl sites for hydroxylation is 1. The van der Waals surface area contributed by atoms with Crippen molar-refractivity contribution in [3.63, 3.8) is 0 Å². The Morgan fingerprint density at radius 3 is 2.55 bits per heavy atom. The van der Waals surface area contributed by atoms with Gasteiger partial charge in [0, 0.05) is 38.2 Å². The average molecular weight is 424 g/mol. The summed E-state index contributed by atoms with van der Waals surface area (Å²) in [6, 6.07) is 14.1. The molecular weight excluding hydrogens is 399 g/mol. The van der Waals surface area contributed by atoms with Crippen LogP contribution in [0, 0.1) is 5.82 Å². The zero-order valence-corrected chi connectivity index (χ0v) is 17.5. The summed E-state index contributed by atoms with van der Waals surface area (Å²) < 4.78 is 24.3. The molecule has 0 saturated carbocycles. The molecule has 162 valence electrons. The smallest absolute Gasteiger partial charge is 0.241 e. The van der Waals surface area contributed by atoms with E-state index in [2.05, 4.69) is 15.0 Å². The topological polar surface area (TPSA) is 71.7 Å². The number of ether oxygens (including phenoxy) is 1. The van der Waals surface area contributed by atoms with Crippen LogP contribution in [-0.2, 0) is 17.8 Å². The Morgan fingerprint density at radius 1 is 1.10 bits per heavy atom. The van der Waals surface area contributed by atoms with E-state index >= 15 is 0 Å². The zero-order valence-electron chi connectivity index (χ0n) is 17.5. The van der Waals surface area contributed by atoms with E-state index < -0.39 is 0 Å². The van der Waals surface area contributed by atoms with Crippen LogP contribution in [0.1, 0.15) is 17.9 Å². The van der Waals surface area contributed by atoms with Crippen molar-refractivity contribution in [1.29, 1.82) is 0 Å². The summed E-state index contributed by atoms with van der Waals surface area (Å²) in [5, 5.41) is 4.06. The second-order valence-electron chi connectivity index (χ2n) is 7.49. The minimum Gasteiger partial charge on any atom is -0.497 e. The van der Waals surface area contributed by atoms with Crippen molar-refractivity contribution in [3.05, 3.63) is 65.8 Å². The average Bonchev–Trinajstić information content (AvgIpc) is 3.27. The van der Waals surface area contributed by atoms with Gasteiger partial charge in [-0.25, -0.2) is 4.39 Å². The van der Waals surface area contributed by atoms with E-state index in [1.807, 2.05) is 29.2 Å². The van der Waals surface area contributed by atoms with Gasteiger partial charge in [-0.2, -0.15) is 4.98 Å². The molecular formula is C23H25FN4O3. The Bertz CT molecular complexity index is 1010. The molecule has 7 nitrogen and oxygen atoms in total. The fourth-order valence-corrected chi connectivity index (χ4v) is 3.62. The monoisotopic (exact) mass is 424 g/mol. The van der Waals surface area contributed by atoms with Crippen LogP contribution >= 0.6 is 0 Å². The normalized spacial score (nSPS) is 14.6. The van der Waals surface area contributed by atoms with Crippen LogP contribution in [-0.4, -0.2) is 59.1 Å². The van der Waals surface area contributed by atoms with Crippen LogP contribution in [0.2, 0.25) is 0 Å². The first kappa shape index (κ1) is 21.0. The molecule has 1 amide bonds. The van der Waals surface area contributed by atoms with Gasteiger partial charge in [0.15, 0.2) is 0 Å². The summed E-state index contributed by atoms with van der Waals surface area (Å²) in [6.45, 7) is 3.27. The standard InChI is InChI=1S/C23H25FN4O3/c1-30-19-9-6-18(7-10-19)23-25-21(31-26-23)16-27-12-14-28(15-13-27)22(29)11-8-17-4-2-3-5-20(17)24/h2-7,9-10H,8,11-16H2,1H3. The molecule has 2 heterocycles. The molecule has 1 aliphatic rings. The summed E-state index contributed by atoms with van der Waals surface area (Å²) >= 11 is 0. The molecule has 4 rings (SSSR count). The molecule has 2 aromatic carbocycles. The zero-order chi connectivity index (χ0) is 21.6. The van der Waals surface area contributed by atoms with Gasteiger partial charge in [0.05, 0.1) is 13.7 Å². The molecule has 0 atom stereocenters. The number of piperazine rings is 1. The number of carbonyl (C=O) groups is 1. The van der Waals surface area contributed by atoms with Crippen LogP contribution in [0.25, 0.3) is 11.4 Å². The Labute approximate surface area is 180 Å². The number of aromatic nitrogens is 2. The van der Waals surface area contributed by atoms with Crippen LogP contribution in [0.5, 0.6) is 5.75 Å². The third-order valence-corrected chi connectivity index (χ3v) is 5.47. The molecule has 3 aromatic rings. The predicted molar refractivity (Wildman–Crippen MR) is 113 cm³/mol. The van der Waals surface area contributed by atoms with Gasteiger partial charge in [0.2, 0.25) is 17.6 Å². The maximum atomic E-state index is 13.7. The predicted octanol–water partition coefficient (Wildman–Crippen LogP) is 3.16. The van der Waals surface area contributed by atoms with Crippen molar-refractivity contribution in [3.8, 4) is 17.1 Å². The molecule has 0 spiro atoms. The van der Waals surface area contributed by atoms with E-state index in [1.165, 1.54) is 6.07 Å². The molecule has 31 heavy (non-hydrogen) atoms. The Balaban J connectivity index is 1.25. The van der Waals surface area contributed by atoms with Crippen LogP contribution in [0.3, 0.4) is 0 Å². The lowest BCUT2D eigenvalue weighted by atomic mass is 10.1. The first-order valence-electron chi connectivity index (χ1n) is 10.3. The van der Waals surface area contributed by atoms with Gasteiger partial charge < -0.3 is 14.2 Å². The number of benzene rings is 2. The minimum atomic E-state index is -0.256. The van der Waals surface area contributed by atoms with Gasteiger partial charge in [0.1, 0.15) is 11.6 Å². The highest BCUT2D eigenvalue weighted by molar-refractivity contribution is 5.76. The van der Waals surface area contributed by atoms with Gasteiger partial charge in [0.25, 0.3) is 0 Å². The lowest BCUT2D eigenvalue weighted by molar-refractivity contribution is -0.133. The number of hydrogen-bond acceptors (Lipinski definition) is 6. The maximum absolute atomic E-state index is 13.7. The summed E-state index contributed by atoms with van der Waals surface area (Å²) in [4.78, 5) is 21.0. The lowest BCUT2D eigenvalue weighted by Gasteiger charge is -2.34. The molecule has 1 saturated heterocycles. The quantitative estimate of drug-likeness (QED) is 0.580. The van der Waals surface area contributed by atoms with E-state index in [4.69, 9.17) is 9.26 Å². The van der Waals surface area contributed by atoms with E-state index in [0.29, 0.717) is 49.8 Å². The number of halogens is 1. The number of methoxy groups -OCH3 is 1. The van der Waals surface area contributed by atoms with E-state index in [-0.39, 0.29) is 11.7 Å². The summed E-state index contributed by atoms with van der Waals surface area (Å²) in [6.07, 6.45) is 0.734. The first-order valence-corrected chi connectivity index (χ1v) is 10.3. The van der Waals surface area contributed by atoms with Crippen LogP contribution in [0.4, 0.5) is 4.39 Å². The fraction of sp³-hybridized carbons (Fsp3) is 0.348. The lowest BCUT2D eigenvalue weighted by Crippen LogP contribution is -2.48. The maximum Gasteiger partial charge on any atom is 0.241 e.